The molecule has 1 saturated carbocycles. The fraction of sp³-hybridized carbons (Fsp3) is 0.316. The van der Waals surface area contributed by atoms with E-state index in [0.717, 1.165) is 24.2 Å². The van der Waals surface area contributed by atoms with Gasteiger partial charge >= 0.3 is 0 Å². The molecule has 5 heteroatoms. The van der Waals surface area contributed by atoms with E-state index in [2.05, 4.69) is 5.32 Å². The highest BCUT2D eigenvalue weighted by molar-refractivity contribution is 6.02. The Balaban J connectivity index is 1.84. The maximum Gasteiger partial charge on any atom is 0.235 e. The van der Waals surface area contributed by atoms with E-state index in [1.165, 1.54) is 0 Å². The number of hydrogen-bond donors (Lipinski definition) is 1. The van der Waals surface area contributed by atoms with Gasteiger partial charge in [0, 0.05) is 6.07 Å². The summed E-state index contributed by atoms with van der Waals surface area (Å²) in [6, 6.07) is 13.0. The number of nitrogens with one attached hydrogen (secondary N) is 1. The fourth-order valence-corrected chi connectivity index (χ4v) is 2.84. The monoisotopic (exact) mass is 327 g/mol. The first-order chi connectivity index (χ1) is 11.6. The van der Waals surface area contributed by atoms with Crippen LogP contribution in [0.2, 0.25) is 0 Å². The van der Waals surface area contributed by atoms with Gasteiger partial charge in [0.2, 0.25) is 5.91 Å². The van der Waals surface area contributed by atoms with Crippen molar-refractivity contribution in [2.24, 2.45) is 0 Å². The zero-order chi connectivity index (χ0) is 17.2. The van der Waals surface area contributed by atoms with E-state index in [4.69, 9.17) is 14.2 Å². The number of amides is 1. The summed E-state index contributed by atoms with van der Waals surface area (Å²) in [6.45, 7) is 0. The van der Waals surface area contributed by atoms with E-state index in [-0.39, 0.29) is 5.91 Å². The molecule has 0 bridgehead atoms. The summed E-state index contributed by atoms with van der Waals surface area (Å²) >= 11 is 0. The second-order valence-corrected chi connectivity index (χ2v) is 5.83. The Morgan fingerprint density at radius 2 is 1.54 bits per heavy atom. The molecule has 5 nitrogen and oxygen atoms in total. The van der Waals surface area contributed by atoms with Crippen LogP contribution in [0.1, 0.15) is 18.4 Å². The molecule has 1 N–H and O–H groups in total. The standard InChI is InChI=1S/C19H21NO4/c1-22-14-6-4-13(5-7-14)19(10-11-19)18(21)20-16-12-15(23-2)8-9-17(16)24-3/h4-9,12H,10-11H2,1-3H3,(H,20,21). The molecule has 0 saturated heterocycles. The van der Waals surface area contributed by atoms with Crippen molar-refractivity contribution >= 4 is 11.6 Å². The number of hydrogen-bond acceptors (Lipinski definition) is 4. The summed E-state index contributed by atoms with van der Waals surface area (Å²) in [4.78, 5) is 12.9. The molecule has 0 atom stereocenters. The summed E-state index contributed by atoms with van der Waals surface area (Å²) in [5.41, 5.74) is 1.14. The highest BCUT2D eigenvalue weighted by atomic mass is 16.5. The molecule has 0 unspecified atom stereocenters. The highest BCUT2D eigenvalue weighted by Crippen LogP contribution is 2.49. The van der Waals surface area contributed by atoms with Gasteiger partial charge in [-0.25, -0.2) is 0 Å². The van der Waals surface area contributed by atoms with E-state index < -0.39 is 5.41 Å². The minimum atomic E-state index is -0.472. The van der Waals surface area contributed by atoms with Gasteiger partial charge in [-0.15, -0.1) is 0 Å². The van der Waals surface area contributed by atoms with E-state index in [1.807, 2.05) is 24.3 Å². The summed E-state index contributed by atoms with van der Waals surface area (Å²) < 4.78 is 15.7. The molecule has 0 heterocycles. The van der Waals surface area contributed by atoms with Gasteiger partial charge in [-0.2, -0.15) is 0 Å². The molecule has 3 rings (SSSR count). The third kappa shape index (κ3) is 2.89. The third-order valence-electron chi connectivity index (χ3n) is 4.48. The average Bonchev–Trinajstić information content (AvgIpc) is 3.43. The number of benzene rings is 2. The van der Waals surface area contributed by atoms with Crippen LogP contribution in [0.4, 0.5) is 5.69 Å². The van der Waals surface area contributed by atoms with Crippen molar-refractivity contribution in [1.82, 2.24) is 0 Å². The van der Waals surface area contributed by atoms with E-state index in [0.29, 0.717) is 17.2 Å². The number of methoxy groups -OCH3 is 3. The molecule has 126 valence electrons. The highest BCUT2D eigenvalue weighted by Gasteiger charge is 2.51. The molecule has 0 spiro atoms. The lowest BCUT2D eigenvalue weighted by Crippen LogP contribution is -2.28. The predicted molar refractivity (Wildman–Crippen MR) is 92.1 cm³/mol. The van der Waals surface area contributed by atoms with Gasteiger partial charge in [0.05, 0.1) is 32.4 Å². The normalized spacial score (nSPS) is 14.6. The van der Waals surface area contributed by atoms with Gasteiger partial charge in [-0.05, 0) is 42.7 Å². The molecule has 0 aromatic heterocycles. The van der Waals surface area contributed by atoms with Gasteiger partial charge in [-0.1, -0.05) is 12.1 Å². The van der Waals surface area contributed by atoms with Crippen molar-refractivity contribution in [2.45, 2.75) is 18.3 Å². The lowest BCUT2D eigenvalue weighted by atomic mass is 9.94. The van der Waals surface area contributed by atoms with Crippen molar-refractivity contribution in [3.8, 4) is 17.2 Å². The molecule has 0 aliphatic heterocycles. The van der Waals surface area contributed by atoms with Crippen LogP contribution in [0.3, 0.4) is 0 Å². The fourth-order valence-electron chi connectivity index (χ4n) is 2.84. The van der Waals surface area contributed by atoms with Crippen molar-refractivity contribution in [1.29, 1.82) is 0 Å². The minimum absolute atomic E-state index is 0.0285. The van der Waals surface area contributed by atoms with E-state index in [1.54, 1.807) is 39.5 Å². The zero-order valence-corrected chi connectivity index (χ0v) is 14.1. The predicted octanol–water partition coefficient (Wildman–Crippen LogP) is 3.38. The van der Waals surface area contributed by atoms with Crippen molar-refractivity contribution in [3.05, 3.63) is 48.0 Å². The SMILES string of the molecule is COc1ccc(C2(C(=O)Nc3cc(OC)ccc3OC)CC2)cc1. The van der Waals surface area contributed by atoms with Crippen LogP contribution in [0.15, 0.2) is 42.5 Å². The first-order valence-electron chi connectivity index (χ1n) is 7.81. The summed E-state index contributed by atoms with van der Waals surface area (Å²) in [6.07, 6.45) is 1.66. The topological polar surface area (TPSA) is 56.8 Å². The second-order valence-electron chi connectivity index (χ2n) is 5.83. The maximum atomic E-state index is 12.9. The first kappa shape index (κ1) is 16.2. The molecule has 0 radical (unpaired) electrons. The Bertz CT molecular complexity index is 736. The Morgan fingerprint density at radius 1 is 0.917 bits per heavy atom. The summed E-state index contributed by atoms with van der Waals surface area (Å²) in [5, 5.41) is 2.99. The van der Waals surface area contributed by atoms with Crippen LogP contribution in [0.25, 0.3) is 0 Å². The molecule has 1 amide bonds. The maximum absolute atomic E-state index is 12.9. The van der Waals surface area contributed by atoms with Crippen LogP contribution >= 0.6 is 0 Å². The number of carbonyl (C=O) groups is 1. The Hall–Kier alpha value is -2.69. The Kier molecular flexibility index (Phi) is 4.34. The molecule has 24 heavy (non-hydrogen) atoms. The lowest BCUT2D eigenvalue weighted by molar-refractivity contribution is -0.118. The van der Waals surface area contributed by atoms with Gasteiger partial charge < -0.3 is 19.5 Å². The van der Waals surface area contributed by atoms with Gasteiger partial charge in [0.15, 0.2) is 0 Å². The second kappa shape index (κ2) is 6.43. The Morgan fingerprint density at radius 3 is 2.08 bits per heavy atom. The minimum Gasteiger partial charge on any atom is -0.497 e. The molecule has 2 aromatic rings. The number of ether oxygens (including phenoxy) is 3. The van der Waals surface area contributed by atoms with Crippen LogP contribution in [0.5, 0.6) is 17.2 Å². The smallest absolute Gasteiger partial charge is 0.235 e. The lowest BCUT2D eigenvalue weighted by Gasteiger charge is -2.18. The van der Waals surface area contributed by atoms with Gasteiger partial charge in [-0.3, -0.25) is 4.79 Å². The quantitative estimate of drug-likeness (QED) is 0.884. The molecule has 1 aliphatic rings. The average molecular weight is 327 g/mol. The summed E-state index contributed by atoms with van der Waals surface area (Å²) in [7, 11) is 4.80. The number of carbonyl (C=O) groups excluding carboxylic acids is 1. The van der Waals surface area contributed by atoms with Crippen LogP contribution in [0, 0.1) is 0 Å². The number of rotatable bonds is 6. The van der Waals surface area contributed by atoms with Crippen LogP contribution < -0.4 is 19.5 Å². The van der Waals surface area contributed by atoms with Gasteiger partial charge in [0.25, 0.3) is 0 Å². The third-order valence-corrected chi connectivity index (χ3v) is 4.48. The molecule has 1 aliphatic carbocycles. The van der Waals surface area contributed by atoms with E-state index in [9.17, 15) is 4.79 Å². The van der Waals surface area contributed by atoms with Crippen molar-refractivity contribution in [2.75, 3.05) is 26.6 Å². The van der Waals surface area contributed by atoms with Crippen LogP contribution in [-0.4, -0.2) is 27.2 Å². The van der Waals surface area contributed by atoms with E-state index >= 15 is 0 Å². The van der Waals surface area contributed by atoms with Gasteiger partial charge in [0.1, 0.15) is 17.2 Å². The largest absolute Gasteiger partial charge is 0.497 e. The van der Waals surface area contributed by atoms with Crippen LogP contribution in [-0.2, 0) is 10.2 Å². The zero-order valence-electron chi connectivity index (χ0n) is 14.1. The number of anilines is 1. The Labute approximate surface area is 141 Å². The summed E-state index contributed by atoms with van der Waals surface area (Å²) in [5.74, 6) is 2.03. The molecular formula is C19H21NO4. The van der Waals surface area contributed by atoms with Crippen molar-refractivity contribution < 1.29 is 19.0 Å². The molecular weight excluding hydrogens is 306 g/mol. The molecule has 2 aromatic carbocycles. The van der Waals surface area contributed by atoms with Crippen molar-refractivity contribution in [3.63, 3.8) is 0 Å². The molecule has 1 fully saturated rings. The first-order valence-corrected chi connectivity index (χ1v) is 7.81.